The summed E-state index contributed by atoms with van der Waals surface area (Å²) in [5.41, 5.74) is 13.6. The Kier molecular flexibility index (Phi) is 9.77. The molecule has 0 unspecified atom stereocenters. The minimum Gasteiger partial charge on any atom is -0.508 e. The highest BCUT2D eigenvalue weighted by Gasteiger charge is 2.51. The van der Waals surface area contributed by atoms with Crippen molar-refractivity contribution in [2.24, 2.45) is 5.92 Å². The standard InChI is InChI=1S/C45H46N2O8/c1-26(49)53-24-36-34-12-13-35-41-31(18-32(50)20-39(41)54-25-48)22-45(42(35)44(34)55-43(36)28-9-14-37(51)38(19-28)52-2)17-16-29(21-45)33(30-10-15-40(46)47-23-30)11-8-27-6-4-3-5-7-27/h3-7,9-10,12-15,18-20,23,29,33,36,43,48,50-51H,8,11,16-17,21-22,24-25H2,1-2H3,(H2,46,47)/t29-,33+,36+,43-,45-/m1/s1. The predicted octanol–water partition coefficient (Wildman–Crippen LogP) is 7.87. The number of phenolic OH excluding ortho intramolecular Hbond substituents is 2. The summed E-state index contributed by atoms with van der Waals surface area (Å²) in [6, 6.07) is 27.2. The minimum atomic E-state index is -0.548. The molecule has 2 aliphatic carbocycles. The third-order valence-electron chi connectivity index (χ3n) is 12.0. The van der Waals surface area contributed by atoms with E-state index >= 15 is 0 Å². The molecule has 3 aliphatic rings. The number of aliphatic hydroxyl groups is 1. The van der Waals surface area contributed by atoms with E-state index in [-0.39, 0.29) is 41.3 Å². The number of hydrogen-bond acceptors (Lipinski definition) is 10. The topological polar surface area (TPSA) is 154 Å². The summed E-state index contributed by atoms with van der Waals surface area (Å²) in [6.45, 7) is 0.948. The maximum Gasteiger partial charge on any atom is 0.302 e. The molecule has 1 saturated carbocycles. The molecule has 10 nitrogen and oxygen atoms in total. The zero-order valence-electron chi connectivity index (χ0n) is 31.0. The molecule has 55 heavy (non-hydrogen) atoms. The molecular weight excluding hydrogens is 697 g/mol. The quantitative estimate of drug-likeness (QED) is 0.0777. The largest absolute Gasteiger partial charge is 0.508 e. The first kappa shape index (κ1) is 36.2. The molecule has 10 heteroatoms. The van der Waals surface area contributed by atoms with Crippen LogP contribution in [0.5, 0.6) is 28.7 Å². The summed E-state index contributed by atoms with van der Waals surface area (Å²) in [5.74, 6) is 1.81. The molecule has 0 saturated heterocycles. The zero-order chi connectivity index (χ0) is 38.3. The Balaban J connectivity index is 1.26. The summed E-state index contributed by atoms with van der Waals surface area (Å²) in [6.07, 6.45) is 6.53. The molecule has 0 amide bonds. The van der Waals surface area contributed by atoms with E-state index in [4.69, 9.17) is 24.7 Å². The highest BCUT2D eigenvalue weighted by atomic mass is 16.6. The number of anilines is 1. The van der Waals surface area contributed by atoms with Crippen molar-refractivity contribution in [3.05, 3.63) is 125 Å². The van der Waals surface area contributed by atoms with Gasteiger partial charge in [0.1, 0.15) is 35.8 Å². The second-order valence-electron chi connectivity index (χ2n) is 15.1. The van der Waals surface area contributed by atoms with Gasteiger partial charge in [-0.3, -0.25) is 4.79 Å². The van der Waals surface area contributed by atoms with Gasteiger partial charge in [0, 0.05) is 41.3 Å². The lowest BCUT2D eigenvalue weighted by atomic mass is 9.64. The first-order chi connectivity index (χ1) is 26.7. The first-order valence-electron chi connectivity index (χ1n) is 18.9. The lowest BCUT2D eigenvalue weighted by Crippen LogP contribution is -2.31. The zero-order valence-corrected chi connectivity index (χ0v) is 31.0. The van der Waals surface area contributed by atoms with Crippen LogP contribution in [0.15, 0.2) is 91.1 Å². The van der Waals surface area contributed by atoms with Gasteiger partial charge in [-0.15, -0.1) is 0 Å². The number of fused-ring (bicyclic) bond motifs is 6. The summed E-state index contributed by atoms with van der Waals surface area (Å²) >= 11 is 0. The Labute approximate surface area is 320 Å². The molecule has 0 bridgehead atoms. The number of nitrogens with two attached hydrogens (primary N) is 1. The lowest BCUT2D eigenvalue weighted by Gasteiger charge is -2.39. The predicted molar refractivity (Wildman–Crippen MR) is 208 cm³/mol. The smallest absolute Gasteiger partial charge is 0.302 e. The number of hydrogen-bond donors (Lipinski definition) is 4. The number of pyridine rings is 1. The van der Waals surface area contributed by atoms with Crippen LogP contribution in [0.4, 0.5) is 5.82 Å². The van der Waals surface area contributed by atoms with Crippen molar-refractivity contribution in [1.82, 2.24) is 4.98 Å². The van der Waals surface area contributed by atoms with E-state index in [9.17, 15) is 20.1 Å². The number of nitrogens with zero attached hydrogens (tertiary/aromatic N) is 1. The van der Waals surface area contributed by atoms with E-state index in [2.05, 4.69) is 41.4 Å². The number of rotatable bonds is 11. The van der Waals surface area contributed by atoms with Crippen LogP contribution < -0.4 is 19.9 Å². The number of methoxy groups -OCH3 is 1. The van der Waals surface area contributed by atoms with Gasteiger partial charge in [-0.1, -0.05) is 54.6 Å². The molecule has 0 radical (unpaired) electrons. The van der Waals surface area contributed by atoms with Crippen LogP contribution in [0, 0.1) is 5.92 Å². The van der Waals surface area contributed by atoms with E-state index in [1.807, 2.05) is 36.5 Å². The molecule has 2 heterocycles. The summed E-state index contributed by atoms with van der Waals surface area (Å²) in [5, 5.41) is 31.3. The van der Waals surface area contributed by atoms with Gasteiger partial charge in [0.2, 0.25) is 0 Å². The highest BCUT2D eigenvalue weighted by Crippen LogP contribution is 2.63. The Morgan fingerprint density at radius 3 is 2.62 bits per heavy atom. The van der Waals surface area contributed by atoms with Crippen LogP contribution in [0.1, 0.15) is 83.9 Å². The van der Waals surface area contributed by atoms with Gasteiger partial charge in [0.15, 0.2) is 18.3 Å². The van der Waals surface area contributed by atoms with Crippen molar-refractivity contribution in [1.29, 1.82) is 0 Å². The molecule has 284 valence electrons. The maximum absolute atomic E-state index is 12.2. The average Bonchev–Trinajstić information content (AvgIpc) is 3.76. The number of nitrogen functional groups attached to an aromatic ring is 1. The summed E-state index contributed by atoms with van der Waals surface area (Å²) < 4.78 is 24.0. The number of benzene rings is 4. The van der Waals surface area contributed by atoms with Gasteiger partial charge in [-0.25, -0.2) is 4.98 Å². The number of aliphatic hydroxyl groups excluding tert-OH is 1. The molecule has 4 aromatic carbocycles. The van der Waals surface area contributed by atoms with Gasteiger partial charge in [0.25, 0.3) is 0 Å². The number of esters is 1. The third kappa shape index (κ3) is 6.80. The fraction of sp³-hybridized carbons (Fsp3) is 0.333. The number of aromatic nitrogens is 1. The number of phenols is 2. The van der Waals surface area contributed by atoms with E-state index in [0.29, 0.717) is 29.7 Å². The van der Waals surface area contributed by atoms with E-state index < -0.39 is 12.9 Å². The number of carbonyl (C=O) groups is 1. The monoisotopic (exact) mass is 742 g/mol. The van der Waals surface area contributed by atoms with Crippen molar-refractivity contribution in [3.8, 4) is 39.9 Å². The molecule has 5 aromatic rings. The normalized spacial score (nSPS) is 21.3. The fourth-order valence-electron chi connectivity index (χ4n) is 9.60. The SMILES string of the molecule is COc1cc([C@H]2Oc3c(ccc4c3[C@@]3(CC[C@@H]([C@H](CCc5ccccc5)c5ccc(N)nc5)C3)Cc3cc(O)cc(OCO)c3-4)[C@@H]2COC(C)=O)ccc1O. The lowest BCUT2D eigenvalue weighted by molar-refractivity contribution is -0.141. The number of aryl methyl sites for hydroxylation is 1. The molecule has 1 aliphatic heterocycles. The van der Waals surface area contributed by atoms with E-state index in [1.54, 1.807) is 18.2 Å². The van der Waals surface area contributed by atoms with Crippen molar-refractivity contribution in [3.63, 3.8) is 0 Å². The van der Waals surface area contributed by atoms with Crippen LogP contribution in [-0.2, 0) is 27.8 Å². The van der Waals surface area contributed by atoms with Crippen molar-refractivity contribution in [2.75, 3.05) is 26.2 Å². The Morgan fingerprint density at radius 2 is 1.87 bits per heavy atom. The van der Waals surface area contributed by atoms with E-state index in [1.165, 1.54) is 19.6 Å². The van der Waals surface area contributed by atoms with Crippen LogP contribution in [0.3, 0.4) is 0 Å². The molecule has 1 spiro atoms. The van der Waals surface area contributed by atoms with Crippen LogP contribution in [0.2, 0.25) is 0 Å². The van der Waals surface area contributed by atoms with Gasteiger partial charge in [0.05, 0.1) is 13.0 Å². The van der Waals surface area contributed by atoms with Crippen molar-refractivity contribution in [2.45, 2.75) is 68.8 Å². The van der Waals surface area contributed by atoms with Gasteiger partial charge in [-0.05, 0) is 102 Å². The molecule has 5 atom stereocenters. The molecule has 5 N–H and O–H groups in total. The molecule has 8 rings (SSSR count). The van der Waals surface area contributed by atoms with Crippen molar-refractivity contribution >= 4 is 11.8 Å². The first-order valence-corrected chi connectivity index (χ1v) is 18.9. The van der Waals surface area contributed by atoms with E-state index in [0.717, 1.165) is 76.8 Å². The average molecular weight is 743 g/mol. The van der Waals surface area contributed by atoms with Gasteiger partial charge < -0.3 is 40.0 Å². The van der Waals surface area contributed by atoms with Crippen molar-refractivity contribution < 1.29 is 39.1 Å². The van der Waals surface area contributed by atoms with Crippen LogP contribution in [0.25, 0.3) is 11.1 Å². The Morgan fingerprint density at radius 1 is 1.04 bits per heavy atom. The van der Waals surface area contributed by atoms with Gasteiger partial charge >= 0.3 is 5.97 Å². The molecule has 1 fully saturated rings. The molecular formula is C45H46N2O8. The number of carbonyl (C=O) groups excluding carboxylic acids is 1. The highest BCUT2D eigenvalue weighted by molar-refractivity contribution is 5.84. The Bertz CT molecular complexity index is 2210. The second-order valence-corrected chi connectivity index (χ2v) is 15.1. The summed E-state index contributed by atoms with van der Waals surface area (Å²) in [7, 11) is 1.50. The van der Waals surface area contributed by atoms with Crippen LogP contribution in [-0.4, -0.2) is 46.8 Å². The number of ether oxygens (including phenoxy) is 4. The maximum atomic E-state index is 12.2. The number of aromatic hydroxyl groups is 2. The Hall–Kier alpha value is -5.74. The minimum absolute atomic E-state index is 0.0148. The van der Waals surface area contributed by atoms with Gasteiger partial charge in [-0.2, -0.15) is 0 Å². The third-order valence-corrected chi connectivity index (χ3v) is 12.0. The molecule has 1 aromatic heterocycles. The summed E-state index contributed by atoms with van der Waals surface area (Å²) in [4.78, 5) is 16.7. The second kappa shape index (κ2) is 14.8. The fourth-order valence-corrected chi connectivity index (χ4v) is 9.60. The van der Waals surface area contributed by atoms with Crippen LogP contribution >= 0.6 is 0 Å².